The van der Waals surface area contributed by atoms with Gasteiger partial charge in [-0.25, -0.2) is 9.18 Å². The number of anilines is 1. The first-order valence-corrected chi connectivity index (χ1v) is 6.24. The number of carbonyl (C=O) groups excluding carboxylic acids is 1. The number of hydrogen-bond acceptors (Lipinski definition) is 4. The van der Waals surface area contributed by atoms with Crippen LogP contribution >= 0.6 is 0 Å². The summed E-state index contributed by atoms with van der Waals surface area (Å²) in [7, 11) is 1.29. The van der Waals surface area contributed by atoms with Gasteiger partial charge in [0.1, 0.15) is 11.9 Å². The van der Waals surface area contributed by atoms with E-state index >= 15 is 0 Å². The van der Waals surface area contributed by atoms with Crippen molar-refractivity contribution < 1.29 is 13.9 Å². The Labute approximate surface area is 121 Å². The molecule has 1 N–H and O–H groups in total. The van der Waals surface area contributed by atoms with Crippen LogP contribution in [0.4, 0.5) is 10.1 Å². The van der Waals surface area contributed by atoms with Crippen LogP contribution in [0.1, 0.15) is 17.2 Å². The highest BCUT2D eigenvalue weighted by Crippen LogP contribution is 2.22. The molecule has 5 heteroatoms. The van der Waals surface area contributed by atoms with E-state index in [1.165, 1.54) is 19.2 Å². The summed E-state index contributed by atoms with van der Waals surface area (Å²) in [4.78, 5) is 11.9. The molecule has 21 heavy (non-hydrogen) atoms. The zero-order valence-corrected chi connectivity index (χ0v) is 11.3. The molecule has 1 unspecified atom stereocenters. The Hall–Kier alpha value is -2.87. The summed E-state index contributed by atoms with van der Waals surface area (Å²) >= 11 is 0. The van der Waals surface area contributed by atoms with Crippen LogP contribution in [-0.4, -0.2) is 13.1 Å². The lowest BCUT2D eigenvalue weighted by Gasteiger charge is -2.18. The molecule has 0 saturated heterocycles. The van der Waals surface area contributed by atoms with E-state index in [1.54, 1.807) is 36.4 Å². The Balaban J connectivity index is 2.30. The second-order valence-electron chi connectivity index (χ2n) is 4.32. The van der Waals surface area contributed by atoms with Crippen LogP contribution in [0, 0.1) is 17.1 Å². The minimum atomic E-state index is -0.747. The number of esters is 1. The minimum absolute atomic E-state index is 0.0464. The summed E-state index contributed by atoms with van der Waals surface area (Å²) in [5.74, 6) is -1.12. The largest absolute Gasteiger partial charge is 0.467 e. The maximum absolute atomic E-state index is 13.6. The van der Waals surface area contributed by atoms with E-state index in [1.807, 2.05) is 6.07 Å². The number of nitrogens with zero attached hydrogens (tertiary/aromatic N) is 1. The van der Waals surface area contributed by atoms with Crippen LogP contribution in [0.2, 0.25) is 0 Å². The molecule has 0 aromatic heterocycles. The van der Waals surface area contributed by atoms with Gasteiger partial charge in [0.05, 0.1) is 12.7 Å². The lowest BCUT2D eigenvalue weighted by Crippen LogP contribution is -2.22. The lowest BCUT2D eigenvalue weighted by atomic mass is 10.1. The van der Waals surface area contributed by atoms with E-state index < -0.39 is 17.8 Å². The molecule has 0 amide bonds. The lowest BCUT2D eigenvalue weighted by molar-refractivity contribution is -0.141. The average Bonchev–Trinajstić information content (AvgIpc) is 2.53. The summed E-state index contributed by atoms with van der Waals surface area (Å²) in [6.07, 6.45) is 0. The predicted molar refractivity (Wildman–Crippen MR) is 75.9 cm³/mol. The number of carbonyl (C=O) groups is 1. The molecule has 0 radical (unpaired) electrons. The van der Waals surface area contributed by atoms with Gasteiger partial charge in [-0.2, -0.15) is 5.26 Å². The highest BCUT2D eigenvalue weighted by atomic mass is 19.1. The van der Waals surface area contributed by atoms with Crippen LogP contribution in [0.5, 0.6) is 0 Å². The van der Waals surface area contributed by atoms with Gasteiger partial charge in [-0.15, -0.1) is 0 Å². The number of benzene rings is 2. The van der Waals surface area contributed by atoms with Crippen molar-refractivity contribution in [1.82, 2.24) is 0 Å². The third-order valence-corrected chi connectivity index (χ3v) is 2.97. The smallest absolute Gasteiger partial charge is 0.332 e. The first-order valence-electron chi connectivity index (χ1n) is 6.24. The van der Waals surface area contributed by atoms with Gasteiger partial charge in [0.15, 0.2) is 6.04 Å². The van der Waals surface area contributed by atoms with Crippen LogP contribution in [0.15, 0.2) is 48.5 Å². The Kier molecular flexibility index (Phi) is 4.52. The molecule has 0 fully saturated rings. The molecule has 0 heterocycles. The summed E-state index contributed by atoms with van der Waals surface area (Å²) in [5, 5.41) is 11.6. The van der Waals surface area contributed by atoms with E-state index in [2.05, 4.69) is 5.32 Å². The van der Waals surface area contributed by atoms with Gasteiger partial charge < -0.3 is 10.1 Å². The Morgan fingerprint density at radius 1 is 1.29 bits per heavy atom. The van der Waals surface area contributed by atoms with Crippen molar-refractivity contribution in [2.75, 3.05) is 12.4 Å². The molecular weight excluding hydrogens is 271 g/mol. The first kappa shape index (κ1) is 14.5. The van der Waals surface area contributed by atoms with E-state index in [0.717, 1.165) is 0 Å². The van der Waals surface area contributed by atoms with Gasteiger partial charge in [0.2, 0.25) is 0 Å². The number of nitriles is 1. The predicted octanol–water partition coefficient (Wildman–Crippen LogP) is 3.02. The zero-order chi connectivity index (χ0) is 15.2. The molecule has 0 spiro atoms. The Bertz CT molecular complexity index is 680. The van der Waals surface area contributed by atoms with Crippen LogP contribution in [0.25, 0.3) is 0 Å². The summed E-state index contributed by atoms with van der Waals surface area (Å²) < 4.78 is 18.4. The van der Waals surface area contributed by atoms with Gasteiger partial charge in [-0.1, -0.05) is 30.3 Å². The molecule has 0 saturated carbocycles. The molecule has 2 aromatic carbocycles. The third-order valence-electron chi connectivity index (χ3n) is 2.97. The SMILES string of the molecule is COC(=O)C(Nc1ccc(C#N)c(F)c1)c1ccccc1. The second kappa shape index (κ2) is 6.53. The van der Waals surface area contributed by atoms with E-state index in [-0.39, 0.29) is 5.56 Å². The van der Waals surface area contributed by atoms with E-state index in [0.29, 0.717) is 11.3 Å². The van der Waals surface area contributed by atoms with Gasteiger partial charge >= 0.3 is 5.97 Å². The molecule has 0 aliphatic carbocycles. The molecule has 106 valence electrons. The number of rotatable bonds is 4. The normalized spacial score (nSPS) is 11.3. The minimum Gasteiger partial charge on any atom is -0.467 e. The van der Waals surface area contributed by atoms with Gasteiger partial charge in [0.25, 0.3) is 0 Å². The molecule has 0 aliphatic rings. The van der Waals surface area contributed by atoms with Crippen LogP contribution < -0.4 is 5.32 Å². The van der Waals surface area contributed by atoms with Crippen molar-refractivity contribution in [2.24, 2.45) is 0 Å². The summed E-state index contributed by atoms with van der Waals surface area (Å²) in [6, 6.07) is 14.1. The summed E-state index contributed by atoms with van der Waals surface area (Å²) in [5.41, 5.74) is 1.05. The molecule has 1 atom stereocenters. The fourth-order valence-corrected chi connectivity index (χ4v) is 1.90. The fraction of sp³-hybridized carbons (Fsp3) is 0.125. The number of hydrogen-bond donors (Lipinski definition) is 1. The van der Waals surface area contributed by atoms with Crippen molar-refractivity contribution in [2.45, 2.75) is 6.04 Å². The molecule has 4 nitrogen and oxygen atoms in total. The molecule has 2 aromatic rings. The Morgan fingerprint density at radius 3 is 2.57 bits per heavy atom. The van der Waals surface area contributed by atoms with E-state index in [9.17, 15) is 9.18 Å². The average molecular weight is 284 g/mol. The van der Waals surface area contributed by atoms with Crippen molar-refractivity contribution >= 4 is 11.7 Å². The quantitative estimate of drug-likeness (QED) is 0.877. The van der Waals surface area contributed by atoms with E-state index in [4.69, 9.17) is 10.00 Å². The Morgan fingerprint density at radius 2 is 2.00 bits per heavy atom. The molecular formula is C16H13FN2O2. The summed E-state index contributed by atoms with van der Waals surface area (Å²) in [6.45, 7) is 0. The van der Waals surface area contributed by atoms with Crippen molar-refractivity contribution in [3.8, 4) is 6.07 Å². The van der Waals surface area contributed by atoms with Crippen LogP contribution in [-0.2, 0) is 9.53 Å². The van der Waals surface area contributed by atoms with Crippen LogP contribution in [0.3, 0.4) is 0 Å². The molecule has 2 rings (SSSR count). The monoisotopic (exact) mass is 284 g/mol. The van der Waals surface area contributed by atoms with Crippen molar-refractivity contribution in [1.29, 1.82) is 5.26 Å². The van der Waals surface area contributed by atoms with Gasteiger partial charge in [0, 0.05) is 5.69 Å². The molecule has 0 bridgehead atoms. The number of halogens is 1. The zero-order valence-electron chi connectivity index (χ0n) is 11.3. The van der Waals surface area contributed by atoms with Crippen molar-refractivity contribution in [3.63, 3.8) is 0 Å². The maximum atomic E-state index is 13.6. The van der Waals surface area contributed by atoms with Crippen molar-refractivity contribution in [3.05, 3.63) is 65.5 Å². The topological polar surface area (TPSA) is 62.1 Å². The van der Waals surface area contributed by atoms with Gasteiger partial charge in [-0.3, -0.25) is 0 Å². The third kappa shape index (κ3) is 3.37. The maximum Gasteiger partial charge on any atom is 0.332 e. The fourth-order valence-electron chi connectivity index (χ4n) is 1.90. The number of methoxy groups -OCH3 is 1. The second-order valence-corrected chi connectivity index (χ2v) is 4.32. The number of ether oxygens (including phenoxy) is 1. The first-order chi connectivity index (χ1) is 10.2. The standard InChI is InChI=1S/C16H13FN2O2/c1-21-16(20)15(11-5-3-2-4-6-11)19-13-8-7-12(10-18)14(17)9-13/h2-9,15,19H,1H3. The van der Waals surface area contributed by atoms with Gasteiger partial charge in [-0.05, 0) is 23.8 Å². The highest BCUT2D eigenvalue weighted by molar-refractivity contribution is 5.81. The number of nitrogens with one attached hydrogen (secondary N) is 1. The molecule has 0 aliphatic heterocycles. The highest BCUT2D eigenvalue weighted by Gasteiger charge is 2.21.